The monoisotopic (exact) mass is 487 g/mol. The van der Waals surface area contributed by atoms with E-state index in [9.17, 15) is 27.1 Å². The van der Waals surface area contributed by atoms with Gasteiger partial charge in [-0.05, 0) is 54.1 Å². The first-order valence-electron chi connectivity index (χ1n) is 10.6. The summed E-state index contributed by atoms with van der Waals surface area (Å²) in [5.41, 5.74) is 1.41. The highest BCUT2D eigenvalue weighted by atomic mass is 32.2. The number of sulfonamides is 1. The van der Waals surface area contributed by atoms with E-state index >= 15 is 0 Å². The van der Waals surface area contributed by atoms with E-state index in [4.69, 9.17) is 0 Å². The van der Waals surface area contributed by atoms with Crippen LogP contribution in [0.2, 0.25) is 0 Å². The second kappa shape index (κ2) is 9.78. The predicted molar refractivity (Wildman–Crippen MR) is 124 cm³/mol. The molecule has 0 amide bonds. The van der Waals surface area contributed by atoms with Crippen LogP contribution >= 0.6 is 0 Å². The molecule has 3 aromatic carbocycles. The molecule has 0 spiro atoms. The Labute approximate surface area is 196 Å². The van der Waals surface area contributed by atoms with Gasteiger partial charge in [0.15, 0.2) is 0 Å². The van der Waals surface area contributed by atoms with E-state index < -0.39 is 21.8 Å². The molecule has 1 saturated heterocycles. The van der Waals surface area contributed by atoms with Crippen molar-refractivity contribution in [3.8, 4) is 0 Å². The molecule has 0 aliphatic carbocycles. The van der Waals surface area contributed by atoms with Gasteiger partial charge in [0.25, 0.3) is 10.0 Å². The molecule has 0 bridgehead atoms. The summed E-state index contributed by atoms with van der Waals surface area (Å²) in [6, 6.07) is 15.2. The maximum Gasteiger partial charge on any atom is 0.335 e. The fourth-order valence-corrected chi connectivity index (χ4v) is 5.00. The van der Waals surface area contributed by atoms with E-state index in [2.05, 4.69) is 9.62 Å². The Bertz CT molecular complexity index is 1310. The number of nitrogens with one attached hydrogen (secondary N) is 1. The number of hydrogen-bond acceptors (Lipinski definition) is 5. The summed E-state index contributed by atoms with van der Waals surface area (Å²) in [6.07, 6.45) is 0. The van der Waals surface area contributed by atoms with Crippen LogP contribution < -0.4 is 9.62 Å². The van der Waals surface area contributed by atoms with Crippen LogP contribution in [-0.4, -0.2) is 50.6 Å². The van der Waals surface area contributed by atoms with Crippen molar-refractivity contribution in [3.05, 3.63) is 89.5 Å². The largest absolute Gasteiger partial charge is 0.478 e. The van der Waals surface area contributed by atoms with Gasteiger partial charge in [-0.1, -0.05) is 18.2 Å². The van der Waals surface area contributed by atoms with Gasteiger partial charge in [0.05, 0.1) is 21.8 Å². The molecule has 1 aliphatic rings. The second-order valence-corrected chi connectivity index (χ2v) is 9.68. The summed E-state index contributed by atoms with van der Waals surface area (Å²) in [7, 11) is -4.15. The lowest BCUT2D eigenvalue weighted by Gasteiger charge is -2.37. The summed E-state index contributed by atoms with van der Waals surface area (Å²) in [4.78, 5) is 15.3. The highest BCUT2D eigenvalue weighted by Crippen LogP contribution is 2.31. The number of rotatable bonds is 7. The van der Waals surface area contributed by atoms with Gasteiger partial charge in [-0.25, -0.2) is 22.0 Å². The van der Waals surface area contributed by atoms with Gasteiger partial charge >= 0.3 is 5.97 Å². The molecule has 1 aliphatic heterocycles. The summed E-state index contributed by atoms with van der Waals surface area (Å²) < 4.78 is 55.2. The first-order valence-corrected chi connectivity index (χ1v) is 12.1. The van der Waals surface area contributed by atoms with Crippen molar-refractivity contribution < 1.29 is 27.1 Å². The number of carboxylic acids is 1. The molecule has 0 saturated carbocycles. The number of anilines is 2. The Hall–Kier alpha value is -3.50. The van der Waals surface area contributed by atoms with E-state index in [0.717, 1.165) is 17.7 Å². The number of piperazine rings is 1. The molecular formula is C24H23F2N3O4S. The number of hydrogen-bond donors (Lipinski definition) is 2. The fourth-order valence-electron chi connectivity index (χ4n) is 3.90. The molecule has 4 rings (SSSR count). The summed E-state index contributed by atoms with van der Waals surface area (Å²) in [6.45, 7) is 2.98. The number of aromatic carboxylic acids is 1. The average Bonchev–Trinajstić information content (AvgIpc) is 2.79. The molecule has 3 aromatic rings. The molecule has 0 aromatic heterocycles. The molecule has 1 fully saturated rings. The number of carbonyl (C=O) groups is 1. The van der Waals surface area contributed by atoms with Crippen LogP contribution in [0.15, 0.2) is 71.6 Å². The van der Waals surface area contributed by atoms with Crippen molar-refractivity contribution in [2.24, 2.45) is 0 Å². The highest BCUT2D eigenvalue weighted by molar-refractivity contribution is 7.92. The molecule has 2 N–H and O–H groups in total. The minimum atomic E-state index is -4.15. The lowest BCUT2D eigenvalue weighted by molar-refractivity contribution is 0.0697. The van der Waals surface area contributed by atoms with E-state index in [1.807, 2.05) is 11.0 Å². The number of carboxylic acid groups (broad SMARTS) is 1. The van der Waals surface area contributed by atoms with Gasteiger partial charge in [-0.15, -0.1) is 0 Å². The van der Waals surface area contributed by atoms with Crippen LogP contribution in [-0.2, 0) is 16.6 Å². The number of halogens is 2. The Kier molecular flexibility index (Phi) is 6.80. The summed E-state index contributed by atoms with van der Waals surface area (Å²) in [5, 5.41) is 9.38. The van der Waals surface area contributed by atoms with Crippen molar-refractivity contribution >= 4 is 27.4 Å². The fraction of sp³-hybridized carbons (Fsp3) is 0.208. The van der Waals surface area contributed by atoms with Gasteiger partial charge in [-0.3, -0.25) is 9.62 Å². The smallest absolute Gasteiger partial charge is 0.335 e. The maximum absolute atomic E-state index is 13.6. The van der Waals surface area contributed by atoms with E-state index in [1.165, 1.54) is 36.4 Å². The molecule has 7 nitrogen and oxygen atoms in total. The van der Waals surface area contributed by atoms with Crippen LogP contribution in [0.3, 0.4) is 0 Å². The number of benzene rings is 3. The summed E-state index contributed by atoms with van der Waals surface area (Å²) >= 11 is 0. The normalized spacial score (nSPS) is 14.7. The van der Waals surface area contributed by atoms with E-state index in [0.29, 0.717) is 38.4 Å². The zero-order valence-corrected chi connectivity index (χ0v) is 18.9. The van der Waals surface area contributed by atoms with Crippen molar-refractivity contribution in [1.29, 1.82) is 0 Å². The predicted octanol–water partition coefficient (Wildman–Crippen LogP) is 3.79. The zero-order valence-electron chi connectivity index (χ0n) is 18.1. The van der Waals surface area contributed by atoms with Crippen molar-refractivity contribution in [1.82, 2.24) is 4.90 Å². The molecule has 178 valence electrons. The Morgan fingerprint density at radius 3 is 2.24 bits per heavy atom. The molecule has 0 unspecified atom stereocenters. The van der Waals surface area contributed by atoms with Gasteiger partial charge in [-0.2, -0.15) is 0 Å². The third kappa shape index (κ3) is 5.52. The van der Waals surface area contributed by atoms with Gasteiger partial charge in [0.2, 0.25) is 0 Å². The first-order chi connectivity index (χ1) is 16.2. The minimum Gasteiger partial charge on any atom is -0.478 e. The van der Waals surface area contributed by atoms with E-state index in [-0.39, 0.29) is 22.0 Å². The Balaban J connectivity index is 1.54. The Morgan fingerprint density at radius 1 is 0.912 bits per heavy atom. The quantitative estimate of drug-likeness (QED) is 0.527. The van der Waals surface area contributed by atoms with E-state index in [1.54, 1.807) is 12.1 Å². The first kappa shape index (κ1) is 23.7. The molecule has 0 atom stereocenters. The van der Waals surface area contributed by atoms with Crippen LogP contribution in [0.25, 0.3) is 0 Å². The SMILES string of the molecule is O=C(O)c1ccc(N2CCN(Cc3cccc(F)c3)CC2)c(NS(=O)(=O)c2cccc(F)c2)c1. The Morgan fingerprint density at radius 2 is 1.59 bits per heavy atom. The lowest BCUT2D eigenvalue weighted by Crippen LogP contribution is -2.46. The molecule has 0 radical (unpaired) electrons. The molecule has 10 heteroatoms. The minimum absolute atomic E-state index is 0.0783. The van der Waals surface area contributed by atoms with Gasteiger partial charge in [0.1, 0.15) is 11.6 Å². The standard InChI is InChI=1S/C24H23F2N3O4S/c25-19-4-1-3-17(13-19)16-28-9-11-29(12-10-28)23-8-7-18(24(30)31)14-22(23)27-34(32,33)21-6-2-5-20(26)15-21/h1-8,13-15,27H,9-12,16H2,(H,30,31). The molecule has 1 heterocycles. The van der Waals surface area contributed by atoms with Gasteiger partial charge < -0.3 is 10.0 Å². The zero-order chi connectivity index (χ0) is 24.3. The third-order valence-electron chi connectivity index (χ3n) is 5.60. The molecule has 34 heavy (non-hydrogen) atoms. The molecular weight excluding hydrogens is 464 g/mol. The van der Waals surface area contributed by atoms with Crippen molar-refractivity contribution in [3.63, 3.8) is 0 Å². The summed E-state index contributed by atoms with van der Waals surface area (Å²) in [5.74, 6) is -2.18. The van der Waals surface area contributed by atoms with Crippen LogP contribution in [0.4, 0.5) is 20.2 Å². The highest BCUT2D eigenvalue weighted by Gasteiger charge is 2.23. The maximum atomic E-state index is 13.6. The van der Waals surface area contributed by atoms with Crippen LogP contribution in [0.1, 0.15) is 15.9 Å². The van der Waals surface area contributed by atoms with Gasteiger partial charge in [0, 0.05) is 32.7 Å². The lowest BCUT2D eigenvalue weighted by atomic mass is 10.1. The topological polar surface area (TPSA) is 89.9 Å². The third-order valence-corrected chi connectivity index (χ3v) is 6.97. The van der Waals surface area contributed by atoms with Crippen molar-refractivity contribution in [2.75, 3.05) is 35.8 Å². The van der Waals surface area contributed by atoms with Crippen molar-refractivity contribution in [2.45, 2.75) is 11.4 Å². The van der Waals surface area contributed by atoms with Crippen LogP contribution in [0.5, 0.6) is 0 Å². The van der Waals surface area contributed by atoms with Crippen LogP contribution in [0, 0.1) is 11.6 Å². The second-order valence-electron chi connectivity index (χ2n) is 7.99. The average molecular weight is 488 g/mol. The number of nitrogens with zero attached hydrogens (tertiary/aromatic N) is 2.